The Morgan fingerprint density at radius 2 is 1.92 bits per heavy atom. The molecule has 0 radical (unpaired) electrons. The average Bonchev–Trinajstić information content (AvgIpc) is 2.81. The van der Waals surface area contributed by atoms with Gasteiger partial charge in [-0.15, -0.1) is 0 Å². The van der Waals surface area contributed by atoms with Gasteiger partial charge < -0.3 is 10.1 Å². The van der Waals surface area contributed by atoms with Crippen molar-refractivity contribution in [2.24, 2.45) is 0 Å². The summed E-state index contributed by atoms with van der Waals surface area (Å²) in [5.74, 6) is -1.47. The second kappa shape index (κ2) is 8.17. The number of carbonyl (C=O) groups excluding carboxylic acids is 3. The van der Waals surface area contributed by atoms with E-state index in [-0.39, 0.29) is 13.0 Å². The fourth-order valence-electron chi connectivity index (χ4n) is 2.55. The smallest absolute Gasteiger partial charge is 0.401 e. The van der Waals surface area contributed by atoms with Crippen LogP contribution in [0.5, 0.6) is 0 Å². The van der Waals surface area contributed by atoms with Crippen molar-refractivity contribution < 1.29 is 32.3 Å². The molecule has 0 spiro atoms. The minimum Gasteiger partial charge on any atom is -0.469 e. The van der Waals surface area contributed by atoms with Crippen LogP contribution < -0.4 is 5.32 Å². The molecule has 0 aromatic heterocycles. The van der Waals surface area contributed by atoms with Crippen molar-refractivity contribution in [1.82, 2.24) is 15.1 Å². The molecule has 0 aliphatic carbocycles. The fourth-order valence-corrected chi connectivity index (χ4v) is 2.55. The van der Waals surface area contributed by atoms with E-state index in [0.717, 1.165) is 12.0 Å². The number of hydrogen-bond acceptors (Lipinski definition) is 5. The minimum atomic E-state index is -4.50. The van der Waals surface area contributed by atoms with Crippen LogP contribution in [0.2, 0.25) is 0 Å². The zero-order valence-electron chi connectivity index (χ0n) is 14.0. The van der Waals surface area contributed by atoms with E-state index in [9.17, 15) is 27.6 Å². The van der Waals surface area contributed by atoms with E-state index in [1.54, 1.807) is 30.3 Å². The Hall–Kier alpha value is -2.62. The van der Waals surface area contributed by atoms with Gasteiger partial charge in [0.15, 0.2) is 0 Å². The molecule has 1 unspecified atom stereocenters. The number of benzene rings is 1. The molecule has 26 heavy (non-hydrogen) atoms. The average molecular weight is 373 g/mol. The number of nitrogens with one attached hydrogen (secondary N) is 1. The number of hydrogen-bond donors (Lipinski definition) is 1. The number of nitrogens with zero attached hydrogens (tertiary/aromatic N) is 2. The van der Waals surface area contributed by atoms with Crippen LogP contribution in [0.3, 0.4) is 0 Å². The van der Waals surface area contributed by atoms with Gasteiger partial charge in [-0.2, -0.15) is 13.2 Å². The molecule has 1 aliphatic rings. The molecule has 3 amide bonds. The Kier molecular flexibility index (Phi) is 6.19. The van der Waals surface area contributed by atoms with Crippen molar-refractivity contribution in [3.8, 4) is 0 Å². The Balaban J connectivity index is 2.10. The van der Waals surface area contributed by atoms with E-state index < -0.39 is 43.3 Å². The number of carbonyl (C=O) groups is 3. The summed E-state index contributed by atoms with van der Waals surface area (Å²) in [5.41, 5.74) is 0.606. The molecule has 1 aromatic rings. The van der Waals surface area contributed by atoms with Crippen molar-refractivity contribution in [3.05, 3.63) is 35.9 Å². The van der Waals surface area contributed by atoms with Crippen LogP contribution in [0.1, 0.15) is 12.0 Å². The maximum Gasteiger partial charge on any atom is 0.401 e. The van der Waals surface area contributed by atoms with Gasteiger partial charge in [0.2, 0.25) is 0 Å². The summed E-state index contributed by atoms with van der Waals surface area (Å²) < 4.78 is 43.0. The molecule has 1 saturated heterocycles. The summed E-state index contributed by atoms with van der Waals surface area (Å²) in [6.07, 6.45) is -4.88. The van der Waals surface area contributed by atoms with Crippen LogP contribution in [-0.4, -0.2) is 60.2 Å². The van der Waals surface area contributed by atoms with Crippen molar-refractivity contribution >= 4 is 17.9 Å². The summed E-state index contributed by atoms with van der Waals surface area (Å²) in [4.78, 5) is 37.1. The lowest BCUT2D eigenvalue weighted by atomic mass is 10.2. The Morgan fingerprint density at radius 1 is 1.27 bits per heavy atom. The number of ether oxygens (including phenoxy) is 1. The first-order valence-corrected chi connectivity index (χ1v) is 7.71. The normalized spacial score (nSPS) is 17.6. The van der Waals surface area contributed by atoms with Gasteiger partial charge in [-0.05, 0) is 5.56 Å². The van der Waals surface area contributed by atoms with Gasteiger partial charge in [0.05, 0.1) is 26.7 Å². The first kappa shape index (κ1) is 19.7. The largest absolute Gasteiger partial charge is 0.469 e. The number of rotatable bonds is 7. The Labute approximate surface area is 147 Å². The summed E-state index contributed by atoms with van der Waals surface area (Å²) in [5, 5.41) is 2.28. The SMILES string of the molecule is COC(=O)CC1NC(=O)N(CN(Cc2ccccc2)CC(F)(F)F)C1=O. The van der Waals surface area contributed by atoms with Gasteiger partial charge in [-0.3, -0.25) is 14.5 Å². The second-order valence-electron chi connectivity index (χ2n) is 5.78. The second-order valence-corrected chi connectivity index (χ2v) is 5.78. The van der Waals surface area contributed by atoms with Gasteiger partial charge in [0.25, 0.3) is 5.91 Å². The van der Waals surface area contributed by atoms with E-state index >= 15 is 0 Å². The highest BCUT2D eigenvalue weighted by molar-refractivity contribution is 6.05. The topological polar surface area (TPSA) is 79.0 Å². The molecule has 1 aromatic carbocycles. The predicted molar refractivity (Wildman–Crippen MR) is 83.6 cm³/mol. The molecule has 1 aliphatic heterocycles. The van der Waals surface area contributed by atoms with Crippen LogP contribution in [0, 0.1) is 0 Å². The van der Waals surface area contributed by atoms with Crippen molar-refractivity contribution in [3.63, 3.8) is 0 Å². The van der Waals surface area contributed by atoms with Crippen molar-refractivity contribution in [2.45, 2.75) is 25.2 Å². The number of alkyl halides is 3. The van der Waals surface area contributed by atoms with Crippen LogP contribution in [0.15, 0.2) is 30.3 Å². The highest BCUT2D eigenvalue weighted by Crippen LogP contribution is 2.20. The molecular weight excluding hydrogens is 355 g/mol. The lowest BCUT2D eigenvalue weighted by molar-refractivity contribution is -0.153. The molecule has 1 fully saturated rings. The number of imide groups is 1. The molecular formula is C16H18F3N3O4. The molecule has 1 atom stereocenters. The van der Waals surface area contributed by atoms with Crippen LogP contribution in [0.25, 0.3) is 0 Å². The van der Waals surface area contributed by atoms with E-state index in [2.05, 4.69) is 10.1 Å². The van der Waals surface area contributed by atoms with Gasteiger partial charge in [-0.1, -0.05) is 30.3 Å². The third-order valence-electron chi connectivity index (χ3n) is 3.70. The quantitative estimate of drug-likeness (QED) is 0.579. The van der Waals surface area contributed by atoms with E-state index in [0.29, 0.717) is 10.5 Å². The number of urea groups is 1. The zero-order chi connectivity index (χ0) is 19.3. The maximum atomic E-state index is 12.9. The first-order chi connectivity index (χ1) is 12.2. The standard InChI is InChI=1S/C16H18F3N3O4/c1-26-13(23)7-12-14(24)22(15(25)20-12)10-21(9-16(17,18)19)8-11-5-3-2-4-6-11/h2-6,12H,7-10H2,1H3,(H,20,25). The van der Waals surface area contributed by atoms with Gasteiger partial charge in [0.1, 0.15) is 6.04 Å². The summed E-state index contributed by atoms with van der Waals surface area (Å²) in [7, 11) is 1.13. The fraction of sp³-hybridized carbons (Fsp3) is 0.438. The van der Waals surface area contributed by atoms with E-state index in [1.807, 2.05) is 0 Å². The lowest BCUT2D eigenvalue weighted by Gasteiger charge is -2.27. The zero-order valence-corrected chi connectivity index (χ0v) is 14.0. The van der Waals surface area contributed by atoms with Crippen LogP contribution in [-0.2, 0) is 20.9 Å². The Bertz CT molecular complexity index is 666. The highest BCUT2D eigenvalue weighted by Gasteiger charge is 2.41. The van der Waals surface area contributed by atoms with Gasteiger partial charge in [-0.25, -0.2) is 9.69 Å². The van der Waals surface area contributed by atoms with Gasteiger partial charge in [0, 0.05) is 6.54 Å². The number of methoxy groups -OCH3 is 1. The molecule has 2 rings (SSSR count). The molecule has 1 heterocycles. The molecule has 0 saturated carbocycles. The number of esters is 1. The van der Waals surface area contributed by atoms with Crippen molar-refractivity contribution in [2.75, 3.05) is 20.3 Å². The predicted octanol–water partition coefficient (Wildman–Crippen LogP) is 1.49. The summed E-state index contributed by atoms with van der Waals surface area (Å²) in [6.45, 7) is -1.93. The first-order valence-electron chi connectivity index (χ1n) is 7.71. The maximum absolute atomic E-state index is 12.9. The van der Waals surface area contributed by atoms with Crippen LogP contribution in [0.4, 0.5) is 18.0 Å². The third-order valence-corrected chi connectivity index (χ3v) is 3.70. The lowest BCUT2D eigenvalue weighted by Crippen LogP contribution is -2.45. The number of amides is 3. The number of halogens is 3. The minimum absolute atomic E-state index is 0.0981. The molecule has 142 valence electrons. The Morgan fingerprint density at radius 3 is 2.50 bits per heavy atom. The molecule has 7 nitrogen and oxygen atoms in total. The van der Waals surface area contributed by atoms with Crippen molar-refractivity contribution in [1.29, 1.82) is 0 Å². The highest BCUT2D eigenvalue weighted by atomic mass is 19.4. The molecule has 1 N–H and O–H groups in total. The van der Waals surface area contributed by atoms with E-state index in [1.165, 1.54) is 0 Å². The van der Waals surface area contributed by atoms with Gasteiger partial charge >= 0.3 is 18.2 Å². The molecule has 0 bridgehead atoms. The summed E-state index contributed by atoms with van der Waals surface area (Å²) >= 11 is 0. The summed E-state index contributed by atoms with van der Waals surface area (Å²) in [6, 6.07) is 6.41. The van der Waals surface area contributed by atoms with E-state index in [4.69, 9.17) is 0 Å². The monoisotopic (exact) mass is 373 g/mol. The molecule has 10 heteroatoms. The third kappa shape index (κ3) is 5.45. The van der Waals surface area contributed by atoms with Crippen LogP contribution >= 0.6 is 0 Å².